The summed E-state index contributed by atoms with van der Waals surface area (Å²) in [5.41, 5.74) is 1.67. The number of piperidine rings is 1. The van der Waals surface area contributed by atoms with Crippen LogP contribution in [0.5, 0.6) is 11.5 Å². The number of carbonyl (C=O) groups is 1. The summed E-state index contributed by atoms with van der Waals surface area (Å²) in [7, 11) is 3.10. The maximum Gasteiger partial charge on any atom is 0.257 e. The largest absolute Gasteiger partial charge is 0.493 e. The molecule has 0 saturated carbocycles. The van der Waals surface area contributed by atoms with E-state index in [1.54, 1.807) is 31.5 Å². The molecule has 1 fully saturated rings. The minimum Gasteiger partial charge on any atom is -0.493 e. The van der Waals surface area contributed by atoms with E-state index in [0.29, 0.717) is 28.1 Å². The molecule has 1 aliphatic rings. The number of nitrogens with one attached hydrogen (secondary N) is 1. The Morgan fingerprint density at radius 1 is 1.26 bits per heavy atom. The lowest BCUT2D eigenvalue weighted by molar-refractivity contribution is 0.0971. The fraction of sp³-hybridized carbons (Fsp3) is 0.350. The van der Waals surface area contributed by atoms with Gasteiger partial charge in [0.1, 0.15) is 0 Å². The topological polar surface area (TPSA) is 63.7 Å². The second-order valence-corrected chi connectivity index (χ2v) is 6.79. The van der Waals surface area contributed by atoms with Crippen LogP contribution in [-0.2, 0) is 0 Å². The Kier molecular flexibility index (Phi) is 6.24. The van der Waals surface area contributed by atoms with Crippen LogP contribution in [0.2, 0.25) is 0 Å². The molecule has 1 atom stereocenters. The van der Waals surface area contributed by atoms with Crippen molar-refractivity contribution in [3.8, 4) is 11.5 Å². The van der Waals surface area contributed by atoms with E-state index in [-0.39, 0.29) is 5.91 Å². The van der Waals surface area contributed by atoms with Gasteiger partial charge in [-0.05, 0) is 54.9 Å². The molecule has 0 aliphatic carbocycles. The average molecular weight is 385 g/mol. The van der Waals surface area contributed by atoms with Gasteiger partial charge in [-0.3, -0.25) is 15.1 Å². The SMILES string of the molecule is COc1ccc(C(=O)NC(=S)N2CCC[C@@H](c3cccnc3)C2)cc1OC. The zero-order valence-corrected chi connectivity index (χ0v) is 16.3. The van der Waals surface area contributed by atoms with E-state index in [1.807, 2.05) is 12.3 Å². The highest BCUT2D eigenvalue weighted by molar-refractivity contribution is 7.80. The van der Waals surface area contributed by atoms with Crippen LogP contribution in [0.3, 0.4) is 0 Å². The third kappa shape index (κ3) is 4.54. The highest BCUT2D eigenvalue weighted by Crippen LogP contribution is 2.28. The van der Waals surface area contributed by atoms with Gasteiger partial charge >= 0.3 is 0 Å². The second-order valence-electron chi connectivity index (χ2n) is 6.40. The minimum absolute atomic E-state index is 0.260. The van der Waals surface area contributed by atoms with Crippen molar-refractivity contribution in [3.63, 3.8) is 0 Å². The number of methoxy groups -OCH3 is 2. The lowest BCUT2D eigenvalue weighted by Crippen LogP contribution is -2.46. The van der Waals surface area contributed by atoms with Crippen LogP contribution in [0.25, 0.3) is 0 Å². The molecule has 0 bridgehead atoms. The highest BCUT2D eigenvalue weighted by Gasteiger charge is 2.24. The Morgan fingerprint density at radius 2 is 2.07 bits per heavy atom. The van der Waals surface area contributed by atoms with Crippen LogP contribution in [-0.4, -0.2) is 48.2 Å². The zero-order chi connectivity index (χ0) is 19.2. The molecule has 7 heteroatoms. The normalized spacial score (nSPS) is 16.5. The van der Waals surface area contributed by atoms with Crippen molar-refractivity contribution in [2.24, 2.45) is 0 Å². The summed E-state index contributed by atoms with van der Waals surface area (Å²) in [6.07, 6.45) is 5.79. The summed E-state index contributed by atoms with van der Waals surface area (Å²) in [6, 6.07) is 9.08. The van der Waals surface area contributed by atoms with Crippen LogP contribution < -0.4 is 14.8 Å². The van der Waals surface area contributed by atoms with Gasteiger partial charge in [-0.1, -0.05) is 6.07 Å². The van der Waals surface area contributed by atoms with Crippen molar-refractivity contribution < 1.29 is 14.3 Å². The van der Waals surface area contributed by atoms with Crippen LogP contribution in [0.15, 0.2) is 42.7 Å². The fourth-order valence-corrected chi connectivity index (χ4v) is 3.54. The zero-order valence-electron chi connectivity index (χ0n) is 15.5. The Bertz CT molecular complexity index is 813. The van der Waals surface area contributed by atoms with E-state index < -0.39 is 0 Å². The summed E-state index contributed by atoms with van der Waals surface area (Å²) in [5, 5.41) is 3.28. The number of thiocarbonyl (C=S) groups is 1. The molecule has 1 aromatic heterocycles. The number of likely N-dealkylation sites (tertiary alicyclic amines) is 1. The number of amides is 1. The molecule has 2 aromatic rings. The van der Waals surface area contributed by atoms with Crippen molar-refractivity contribution >= 4 is 23.2 Å². The van der Waals surface area contributed by atoms with E-state index in [4.69, 9.17) is 21.7 Å². The van der Waals surface area contributed by atoms with E-state index in [1.165, 1.54) is 12.7 Å². The van der Waals surface area contributed by atoms with Crippen molar-refractivity contribution in [3.05, 3.63) is 53.9 Å². The van der Waals surface area contributed by atoms with E-state index in [9.17, 15) is 4.79 Å². The number of pyridine rings is 1. The maximum atomic E-state index is 12.6. The van der Waals surface area contributed by atoms with E-state index in [0.717, 1.165) is 25.9 Å². The standard InChI is InChI=1S/C20H23N3O3S/c1-25-17-8-7-14(11-18(17)26-2)19(24)22-20(27)23-10-4-6-16(13-23)15-5-3-9-21-12-15/h3,5,7-9,11-12,16H,4,6,10,13H2,1-2H3,(H,22,24,27)/t16-/m1/s1. The van der Waals surface area contributed by atoms with Crippen molar-refractivity contribution in [1.29, 1.82) is 0 Å². The average Bonchev–Trinajstić information content (AvgIpc) is 2.73. The Hall–Kier alpha value is -2.67. The summed E-state index contributed by atoms with van der Waals surface area (Å²) in [6.45, 7) is 1.61. The Labute approximate surface area is 164 Å². The fourth-order valence-electron chi connectivity index (χ4n) is 3.28. The maximum absolute atomic E-state index is 12.6. The van der Waals surface area contributed by atoms with Crippen LogP contribution in [0, 0.1) is 0 Å². The van der Waals surface area contributed by atoms with E-state index >= 15 is 0 Å². The molecule has 2 heterocycles. The Morgan fingerprint density at radius 3 is 2.78 bits per heavy atom. The molecule has 0 spiro atoms. The van der Waals surface area contributed by atoms with Gasteiger partial charge in [0.25, 0.3) is 5.91 Å². The molecule has 3 rings (SSSR count). The molecule has 1 saturated heterocycles. The first-order chi connectivity index (χ1) is 13.1. The Balaban J connectivity index is 1.65. The number of hydrogen-bond donors (Lipinski definition) is 1. The number of carbonyl (C=O) groups excluding carboxylic acids is 1. The summed E-state index contributed by atoms with van der Waals surface area (Å²) < 4.78 is 10.5. The van der Waals surface area contributed by atoms with Gasteiger partial charge in [0.2, 0.25) is 0 Å². The third-order valence-corrected chi connectivity index (χ3v) is 5.09. The van der Waals surface area contributed by atoms with Crippen molar-refractivity contribution in [1.82, 2.24) is 15.2 Å². The molecule has 27 heavy (non-hydrogen) atoms. The lowest BCUT2D eigenvalue weighted by atomic mass is 9.92. The van der Waals surface area contributed by atoms with Crippen molar-refractivity contribution in [2.45, 2.75) is 18.8 Å². The first kappa shape index (κ1) is 19.1. The molecule has 1 aromatic carbocycles. The van der Waals surface area contributed by atoms with Crippen molar-refractivity contribution in [2.75, 3.05) is 27.3 Å². The molecule has 1 amide bonds. The number of rotatable bonds is 4. The summed E-state index contributed by atoms with van der Waals surface area (Å²) in [5.74, 6) is 1.19. The monoisotopic (exact) mass is 385 g/mol. The van der Waals surface area contributed by atoms with Gasteiger partial charge in [-0.2, -0.15) is 0 Å². The highest BCUT2D eigenvalue weighted by atomic mass is 32.1. The lowest BCUT2D eigenvalue weighted by Gasteiger charge is -2.34. The first-order valence-corrected chi connectivity index (χ1v) is 9.25. The van der Waals surface area contributed by atoms with Gasteiger partial charge in [0.15, 0.2) is 16.6 Å². The molecule has 0 unspecified atom stereocenters. The molecule has 1 aliphatic heterocycles. The number of aromatic nitrogens is 1. The molecule has 1 N–H and O–H groups in total. The summed E-state index contributed by atoms with van der Waals surface area (Å²) >= 11 is 5.49. The smallest absolute Gasteiger partial charge is 0.257 e. The predicted octanol–water partition coefficient (Wildman–Crippen LogP) is 2.99. The van der Waals surface area contributed by atoms with Gasteiger partial charge in [0, 0.05) is 37.0 Å². The molecule has 0 radical (unpaired) electrons. The quantitative estimate of drug-likeness (QED) is 0.817. The first-order valence-electron chi connectivity index (χ1n) is 8.84. The number of ether oxygens (including phenoxy) is 2. The molecule has 142 valence electrons. The van der Waals surface area contributed by atoms with Gasteiger partial charge in [-0.25, -0.2) is 0 Å². The van der Waals surface area contributed by atoms with Crippen LogP contribution >= 0.6 is 12.2 Å². The minimum atomic E-state index is -0.260. The predicted molar refractivity (Wildman–Crippen MR) is 107 cm³/mol. The van der Waals surface area contributed by atoms with Gasteiger partial charge < -0.3 is 14.4 Å². The molecular formula is C20H23N3O3S. The third-order valence-electron chi connectivity index (χ3n) is 4.73. The number of benzene rings is 1. The number of hydrogen-bond acceptors (Lipinski definition) is 5. The number of nitrogens with zero attached hydrogens (tertiary/aromatic N) is 2. The molecular weight excluding hydrogens is 362 g/mol. The second kappa shape index (κ2) is 8.81. The molecule has 6 nitrogen and oxygen atoms in total. The van der Waals surface area contributed by atoms with Gasteiger partial charge in [-0.15, -0.1) is 0 Å². The van der Waals surface area contributed by atoms with E-state index in [2.05, 4.69) is 21.3 Å². The van der Waals surface area contributed by atoms with Crippen LogP contribution in [0.1, 0.15) is 34.7 Å². The van der Waals surface area contributed by atoms with Gasteiger partial charge in [0.05, 0.1) is 14.2 Å². The summed E-state index contributed by atoms with van der Waals surface area (Å²) in [4.78, 5) is 18.8. The van der Waals surface area contributed by atoms with Crippen LogP contribution in [0.4, 0.5) is 0 Å².